The van der Waals surface area contributed by atoms with Gasteiger partial charge in [0, 0.05) is 26.3 Å². The molecule has 0 bridgehead atoms. The molecule has 0 saturated heterocycles. The van der Waals surface area contributed by atoms with Gasteiger partial charge < -0.3 is 10.2 Å². The van der Waals surface area contributed by atoms with Crippen LogP contribution in [0.4, 0.5) is 0 Å². The van der Waals surface area contributed by atoms with Crippen molar-refractivity contribution in [2.75, 3.05) is 20.1 Å². The molecular weight excluding hydrogens is 212 g/mol. The first-order chi connectivity index (χ1) is 8.29. The summed E-state index contributed by atoms with van der Waals surface area (Å²) < 4.78 is 0. The van der Waals surface area contributed by atoms with Gasteiger partial charge in [-0.15, -0.1) is 0 Å². The second kappa shape index (κ2) is 5.66. The van der Waals surface area contributed by atoms with Crippen LogP contribution in [0.2, 0.25) is 0 Å². The van der Waals surface area contributed by atoms with Gasteiger partial charge in [0.15, 0.2) is 5.96 Å². The third-order valence-corrected chi connectivity index (χ3v) is 2.99. The third-order valence-electron chi connectivity index (χ3n) is 2.99. The maximum Gasteiger partial charge on any atom is 0.193 e. The van der Waals surface area contributed by atoms with Crippen molar-refractivity contribution in [3.05, 3.63) is 29.6 Å². The topological polar surface area (TPSA) is 40.5 Å². The number of aryl methyl sites for hydroxylation is 1. The van der Waals surface area contributed by atoms with E-state index >= 15 is 0 Å². The number of hydrogen-bond donors (Lipinski definition) is 1. The Balaban J connectivity index is 1.95. The molecular formula is C13H20N4. The molecule has 1 aliphatic rings. The summed E-state index contributed by atoms with van der Waals surface area (Å²) in [5, 5.41) is 3.35. The van der Waals surface area contributed by atoms with E-state index in [1.165, 1.54) is 5.56 Å². The van der Waals surface area contributed by atoms with Crippen LogP contribution in [0.3, 0.4) is 0 Å². The van der Waals surface area contributed by atoms with Crippen LogP contribution >= 0.6 is 0 Å². The first-order valence-corrected chi connectivity index (χ1v) is 6.23. The minimum Gasteiger partial charge on any atom is -0.351 e. The monoisotopic (exact) mass is 232 g/mol. The smallest absolute Gasteiger partial charge is 0.193 e. The van der Waals surface area contributed by atoms with Crippen LogP contribution in [0.5, 0.6) is 0 Å². The molecule has 0 fully saturated rings. The summed E-state index contributed by atoms with van der Waals surface area (Å²) in [6.07, 6.45) is 4.07. The minimum atomic E-state index is 0.747. The highest BCUT2D eigenvalue weighted by atomic mass is 15.3. The highest BCUT2D eigenvalue weighted by Crippen LogP contribution is 2.03. The summed E-state index contributed by atoms with van der Waals surface area (Å²) >= 11 is 0. The molecule has 0 radical (unpaired) electrons. The fourth-order valence-corrected chi connectivity index (χ4v) is 1.92. The van der Waals surface area contributed by atoms with E-state index in [0.717, 1.165) is 44.1 Å². The molecule has 1 aliphatic heterocycles. The summed E-state index contributed by atoms with van der Waals surface area (Å²) in [7, 11) is 2.07. The Morgan fingerprint density at radius 3 is 3.12 bits per heavy atom. The van der Waals surface area contributed by atoms with Gasteiger partial charge in [0.05, 0.1) is 12.2 Å². The van der Waals surface area contributed by atoms with Crippen molar-refractivity contribution in [2.24, 2.45) is 4.99 Å². The Morgan fingerprint density at radius 2 is 2.35 bits per heavy atom. The molecule has 2 rings (SSSR count). The zero-order chi connectivity index (χ0) is 12.1. The number of guanidine groups is 1. The van der Waals surface area contributed by atoms with Crippen molar-refractivity contribution in [1.29, 1.82) is 0 Å². The predicted molar refractivity (Wildman–Crippen MR) is 70.0 cm³/mol. The number of rotatable bonds is 3. The fourth-order valence-electron chi connectivity index (χ4n) is 1.92. The van der Waals surface area contributed by atoms with Crippen molar-refractivity contribution >= 4 is 5.96 Å². The zero-order valence-electron chi connectivity index (χ0n) is 10.6. The molecule has 1 aromatic heterocycles. The molecule has 0 saturated carbocycles. The molecule has 1 aromatic rings. The quantitative estimate of drug-likeness (QED) is 0.857. The lowest BCUT2D eigenvalue weighted by atomic mass is 10.2. The number of aliphatic imine (C=N–C) groups is 1. The van der Waals surface area contributed by atoms with Crippen LogP contribution in [-0.4, -0.2) is 36.0 Å². The molecule has 4 heteroatoms. The van der Waals surface area contributed by atoms with Crippen molar-refractivity contribution in [1.82, 2.24) is 15.2 Å². The van der Waals surface area contributed by atoms with Gasteiger partial charge in [-0.25, -0.2) is 0 Å². The van der Waals surface area contributed by atoms with Crippen LogP contribution in [0.1, 0.15) is 24.6 Å². The summed E-state index contributed by atoms with van der Waals surface area (Å²) in [5.74, 6) is 0.986. The van der Waals surface area contributed by atoms with E-state index in [9.17, 15) is 0 Å². The van der Waals surface area contributed by atoms with Crippen molar-refractivity contribution < 1.29 is 0 Å². The molecule has 17 heavy (non-hydrogen) atoms. The first kappa shape index (κ1) is 11.9. The lowest BCUT2D eigenvalue weighted by Crippen LogP contribution is -2.41. The molecule has 1 N–H and O–H groups in total. The second-order valence-electron chi connectivity index (χ2n) is 4.34. The van der Waals surface area contributed by atoms with Gasteiger partial charge >= 0.3 is 0 Å². The molecule has 0 aromatic carbocycles. The van der Waals surface area contributed by atoms with E-state index in [1.54, 1.807) is 0 Å². The van der Waals surface area contributed by atoms with Crippen molar-refractivity contribution in [2.45, 2.75) is 26.3 Å². The van der Waals surface area contributed by atoms with Crippen LogP contribution in [0.25, 0.3) is 0 Å². The van der Waals surface area contributed by atoms with Gasteiger partial charge in [-0.1, -0.05) is 6.92 Å². The zero-order valence-corrected chi connectivity index (χ0v) is 10.6. The van der Waals surface area contributed by atoms with E-state index in [1.807, 2.05) is 6.20 Å². The average Bonchev–Trinajstić information content (AvgIpc) is 2.38. The van der Waals surface area contributed by atoms with Crippen LogP contribution < -0.4 is 5.32 Å². The molecule has 2 heterocycles. The van der Waals surface area contributed by atoms with Crippen LogP contribution in [-0.2, 0) is 13.0 Å². The number of hydrogen-bond acceptors (Lipinski definition) is 4. The number of aromatic nitrogens is 1. The van der Waals surface area contributed by atoms with E-state index in [-0.39, 0.29) is 0 Å². The molecule has 92 valence electrons. The van der Waals surface area contributed by atoms with Gasteiger partial charge in [-0.05, 0) is 30.5 Å². The van der Waals surface area contributed by atoms with Crippen LogP contribution in [0.15, 0.2) is 23.3 Å². The Hall–Kier alpha value is -1.58. The highest BCUT2D eigenvalue weighted by molar-refractivity contribution is 5.80. The molecule has 0 spiro atoms. The SMILES string of the molecule is CCc1ccnc(CNC2=NCCCN2C)c1. The summed E-state index contributed by atoms with van der Waals surface area (Å²) in [6, 6.07) is 4.21. The largest absolute Gasteiger partial charge is 0.351 e. The predicted octanol–water partition coefficient (Wildman–Crippen LogP) is 1.43. The standard InChI is InChI=1S/C13H20N4/c1-3-11-5-7-14-12(9-11)10-16-13-15-6-4-8-17(13)2/h5,7,9H,3-4,6,8,10H2,1-2H3,(H,15,16). The van der Waals surface area contributed by atoms with E-state index < -0.39 is 0 Å². The Kier molecular flexibility index (Phi) is 3.96. The molecule has 0 unspecified atom stereocenters. The van der Waals surface area contributed by atoms with Gasteiger partial charge in [0.25, 0.3) is 0 Å². The van der Waals surface area contributed by atoms with E-state index in [2.05, 4.69) is 46.3 Å². The molecule has 4 nitrogen and oxygen atoms in total. The lowest BCUT2D eigenvalue weighted by molar-refractivity contribution is 0.445. The van der Waals surface area contributed by atoms with Gasteiger partial charge in [-0.3, -0.25) is 9.98 Å². The number of nitrogens with zero attached hydrogens (tertiary/aromatic N) is 3. The molecule has 0 aliphatic carbocycles. The van der Waals surface area contributed by atoms with Crippen molar-refractivity contribution in [3.63, 3.8) is 0 Å². The number of pyridine rings is 1. The third kappa shape index (κ3) is 3.19. The Bertz CT molecular complexity index is 400. The minimum absolute atomic E-state index is 0.747. The number of nitrogens with one attached hydrogen (secondary N) is 1. The maximum absolute atomic E-state index is 4.47. The van der Waals surface area contributed by atoms with Gasteiger partial charge in [0.1, 0.15) is 0 Å². The van der Waals surface area contributed by atoms with Gasteiger partial charge in [-0.2, -0.15) is 0 Å². The Labute approximate surface area is 103 Å². The second-order valence-corrected chi connectivity index (χ2v) is 4.34. The van der Waals surface area contributed by atoms with Gasteiger partial charge in [0.2, 0.25) is 0 Å². The fraction of sp³-hybridized carbons (Fsp3) is 0.538. The Morgan fingerprint density at radius 1 is 1.47 bits per heavy atom. The summed E-state index contributed by atoms with van der Waals surface area (Å²) in [6.45, 7) is 4.91. The lowest BCUT2D eigenvalue weighted by Gasteiger charge is -2.25. The highest BCUT2D eigenvalue weighted by Gasteiger charge is 2.10. The first-order valence-electron chi connectivity index (χ1n) is 6.23. The molecule has 0 amide bonds. The van der Waals surface area contributed by atoms with E-state index in [0.29, 0.717) is 0 Å². The molecule has 0 atom stereocenters. The summed E-state index contributed by atoms with van der Waals surface area (Å²) in [4.78, 5) is 11.0. The van der Waals surface area contributed by atoms with Crippen molar-refractivity contribution in [3.8, 4) is 0 Å². The van der Waals surface area contributed by atoms with Crippen LogP contribution in [0, 0.1) is 0 Å². The normalized spacial score (nSPS) is 15.6. The summed E-state index contributed by atoms with van der Waals surface area (Å²) in [5.41, 5.74) is 2.40. The maximum atomic E-state index is 4.47. The van der Waals surface area contributed by atoms with E-state index in [4.69, 9.17) is 0 Å². The average molecular weight is 232 g/mol.